The van der Waals surface area contributed by atoms with Gasteiger partial charge in [-0.2, -0.15) is 5.26 Å². The van der Waals surface area contributed by atoms with Gasteiger partial charge in [0.1, 0.15) is 17.5 Å². The predicted octanol–water partition coefficient (Wildman–Crippen LogP) is 1.89. The summed E-state index contributed by atoms with van der Waals surface area (Å²) < 4.78 is 5.36. The molecule has 8 nitrogen and oxygen atoms in total. The monoisotopic (exact) mass is 384 g/mol. The summed E-state index contributed by atoms with van der Waals surface area (Å²) >= 11 is 1.18. The van der Waals surface area contributed by atoms with Gasteiger partial charge in [-0.1, -0.05) is 11.8 Å². The third-order valence-corrected chi connectivity index (χ3v) is 5.05. The van der Waals surface area contributed by atoms with Crippen molar-refractivity contribution in [3.8, 4) is 6.07 Å². The molecule has 3 N–H and O–H groups in total. The Labute approximate surface area is 161 Å². The normalized spacial score (nSPS) is 15.0. The third-order valence-electron chi connectivity index (χ3n) is 4.08. The van der Waals surface area contributed by atoms with Crippen LogP contribution in [-0.2, 0) is 9.53 Å². The van der Waals surface area contributed by atoms with E-state index in [9.17, 15) is 4.79 Å². The number of nitriles is 1. The lowest BCUT2D eigenvalue weighted by molar-refractivity contribution is -0.115. The minimum absolute atomic E-state index is 0.112. The zero-order valence-corrected chi connectivity index (χ0v) is 15.7. The fourth-order valence-electron chi connectivity index (χ4n) is 2.55. The van der Waals surface area contributed by atoms with E-state index in [2.05, 4.69) is 20.2 Å². The summed E-state index contributed by atoms with van der Waals surface area (Å²) in [5.41, 5.74) is 7.74. The molecule has 0 saturated carbocycles. The Balaban J connectivity index is 1.57. The number of hydrogen-bond donors (Lipinski definition) is 2. The quantitative estimate of drug-likeness (QED) is 0.593. The number of benzene rings is 1. The van der Waals surface area contributed by atoms with Crippen LogP contribution in [0, 0.1) is 11.3 Å². The number of nitrogens with zero attached hydrogens (tertiary/aromatic N) is 4. The highest BCUT2D eigenvalue weighted by Crippen LogP contribution is 2.23. The maximum Gasteiger partial charge on any atom is 0.237 e. The number of nitrogens with two attached hydrogens (primary N) is 1. The number of nitrogens with one attached hydrogen (secondary N) is 1. The van der Waals surface area contributed by atoms with E-state index in [1.165, 1.54) is 18.0 Å². The van der Waals surface area contributed by atoms with E-state index in [0.717, 1.165) is 37.7 Å². The van der Waals surface area contributed by atoms with Crippen molar-refractivity contribution in [3.63, 3.8) is 0 Å². The second-order valence-corrected chi connectivity index (χ2v) is 7.27. The second-order valence-electron chi connectivity index (χ2n) is 5.96. The average molecular weight is 384 g/mol. The predicted molar refractivity (Wildman–Crippen MR) is 105 cm³/mol. The van der Waals surface area contributed by atoms with Crippen molar-refractivity contribution in [2.24, 2.45) is 0 Å². The Bertz CT molecular complexity index is 846. The summed E-state index contributed by atoms with van der Waals surface area (Å²) in [6.07, 6.45) is 1.36. The van der Waals surface area contributed by atoms with Gasteiger partial charge in [-0.05, 0) is 31.2 Å². The lowest BCUT2D eigenvalue weighted by Crippen LogP contribution is -2.36. The van der Waals surface area contributed by atoms with E-state index in [4.69, 9.17) is 15.7 Å². The molecule has 1 amide bonds. The molecule has 1 atom stereocenters. The molecule has 1 aromatic carbocycles. The maximum atomic E-state index is 12.4. The SMILES string of the molecule is CC(Sc1ncc(C#N)c(N)n1)C(=O)Nc1ccc(N2CCOCC2)cc1. The van der Waals surface area contributed by atoms with Crippen LogP contribution in [-0.4, -0.2) is 47.4 Å². The van der Waals surface area contributed by atoms with Gasteiger partial charge in [0, 0.05) is 24.5 Å². The molecular formula is C18H20N6O2S. The van der Waals surface area contributed by atoms with Crippen molar-refractivity contribution >= 4 is 34.9 Å². The molecule has 0 radical (unpaired) electrons. The van der Waals surface area contributed by atoms with E-state index in [0.29, 0.717) is 5.16 Å². The van der Waals surface area contributed by atoms with Crippen LogP contribution in [0.4, 0.5) is 17.2 Å². The Morgan fingerprint density at radius 3 is 2.70 bits per heavy atom. The number of thioether (sulfide) groups is 1. The molecule has 1 fully saturated rings. The summed E-state index contributed by atoms with van der Waals surface area (Å²) in [6.45, 7) is 4.96. The molecule has 2 aromatic rings. The summed E-state index contributed by atoms with van der Waals surface area (Å²) in [4.78, 5) is 22.8. The highest BCUT2D eigenvalue weighted by molar-refractivity contribution is 8.00. The number of rotatable bonds is 5. The van der Waals surface area contributed by atoms with Crippen molar-refractivity contribution in [3.05, 3.63) is 36.0 Å². The largest absolute Gasteiger partial charge is 0.382 e. The van der Waals surface area contributed by atoms with Gasteiger partial charge < -0.3 is 20.7 Å². The van der Waals surface area contributed by atoms with E-state index >= 15 is 0 Å². The molecule has 1 aliphatic rings. The number of ether oxygens (including phenoxy) is 1. The van der Waals surface area contributed by atoms with E-state index < -0.39 is 5.25 Å². The first kappa shape index (κ1) is 18.9. The number of amides is 1. The van der Waals surface area contributed by atoms with Gasteiger partial charge in [-0.15, -0.1) is 0 Å². The molecule has 0 aliphatic carbocycles. The zero-order valence-electron chi connectivity index (χ0n) is 14.9. The Kier molecular flexibility index (Phi) is 6.11. The average Bonchev–Trinajstić information content (AvgIpc) is 2.69. The number of aromatic nitrogens is 2. The smallest absolute Gasteiger partial charge is 0.237 e. The van der Waals surface area contributed by atoms with Gasteiger partial charge in [-0.3, -0.25) is 4.79 Å². The Morgan fingerprint density at radius 1 is 1.37 bits per heavy atom. The first-order valence-corrected chi connectivity index (χ1v) is 9.37. The van der Waals surface area contributed by atoms with Gasteiger partial charge in [-0.25, -0.2) is 9.97 Å². The zero-order chi connectivity index (χ0) is 19.2. The number of carbonyl (C=O) groups is 1. The molecule has 140 valence electrons. The summed E-state index contributed by atoms with van der Waals surface area (Å²) in [6, 6.07) is 9.66. The van der Waals surface area contributed by atoms with Crippen molar-refractivity contribution in [1.29, 1.82) is 5.26 Å². The minimum atomic E-state index is -0.420. The van der Waals surface area contributed by atoms with Gasteiger partial charge >= 0.3 is 0 Å². The molecule has 3 rings (SSSR count). The van der Waals surface area contributed by atoms with Crippen molar-refractivity contribution < 1.29 is 9.53 Å². The molecular weight excluding hydrogens is 364 g/mol. The van der Waals surface area contributed by atoms with Crippen LogP contribution in [0.1, 0.15) is 12.5 Å². The van der Waals surface area contributed by atoms with Crippen LogP contribution in [0.25, 0.3) is 0 Å². The topological polar surface area (TPSA) is 117 Å². The van der Waals surface area contributed by atoms with Crippen LogP contribution in [0.3, 0.4) is 0 Å². The van der Waals surface area contributed by atoms with E-state index in [1.807, 2.05) is 30.3 Å². The number of anilines is 3. The van der Waals surface area contributed by atoms with Gasteiger partial charge in [0.15, 0.2) is 5.16 Å². The van der Waals surface area contributed by atoms with Gasteiger partial charge in [0.25, 0.3) is 0 Å². The lowest BCUT2D eigenvalue weighted by atomic mass is 10.2. The van der Waals surface area contributed by atoms with E-state index in [-0.39, 0.29) is 17.3 Å². The van der Waals surface area contributed by atoms with Crippen molar-refractivity contribution in [1.82, 2.24) is 9.97 Å². The first-order chi connectivity index (χ1) is 13.1. The second kappa shape index (κ2) is 8.70. The molecule has 1 saturated heterocycles. The Morgan fingerprint density at radius 2 is 2.07 bits per heavy atom. The molecule has 27 heavy (non-hydrogen) atoms. The van der Waals surface area contributed by atoms with Gasteiger partial charge in [0.05, 0.1) is 24.7 Å². The van der Waals surface area contributed by atoms with Crippen LogP contribution in [0.5, 0.6) is 0 Å². The molecule has 9 heteroatoms. The molecule has 1 unspecified atom stereocenters. The standard InChI is InChI=1S/C18H20N6O2S/c1-12(27-18-21-11-13(10-19)16(20)23-18)17(25)22-14-2-4-15(5-3-14)24-6-8-26-9-7-24/h2-5,11-12H,6-9H2,1H3,(H,22,25)(H2,20,21,23). The van der Waals surface area contributed by atoms with Crippen LogP contribution in [0.2, 0.25) is 0 Å². The lowest BCUT2D eigenvalue weighted by Gasteiger charge is -2.28. The van der Waals surface area contributed by atoms with E-state index in [1.54, 1.807) is 6.92 Å². The number of morpholine rings is 1. The summed E-state index contributed by atoms with van der Waals surface area (Å²) in [5, 5.41) is 11.7. The first-order valence-electron chi connectivity index (χ1n) is 8.49. The highest BCUT2D eigenvalue weighted by Gasteiger charge is 2.17. The van der Waals surface area contributed by atoms with Crippen molar-refractivity contribution in [2.45, 2.75) is 17.3 Å². The number of nitrogen functional groups attached to an aromatic ring is 1. The third kappa shape index (κ3) is 4.87. The molecule has 2 heterocycles. The summed E-state index contributed by atoms with van der Waals surface area (Å²) in [7, 11) is 0. The maximum absolute atomic E-state index is 12.4. The van der Waals surface area contributed by atoms with Crippen LogP contribution < -0.4 is 16.0 Å². The Hall–Kier alpha value is -2.83. The number of hydrogen-bond acceptors (Lipinski definition) is 8. The molecule has 0 spiro atoms. The molecule has 0 bridgehead atoms. The fourth-order valence-corrected chi connectivity index (χ4v) is 3.30. The van der Waals surface area contributed by atoms with Crippen molar-refractivity contribution in [2.75, 3.05) is 42.3 Å². The van der Waals surface area contributed by atoms with Crippen LogP contribution >= 0.6 is 11.8 Å². The fraction of sp³-hybridized carbons (Fsp3) is 0.333. The highest BCUT2D eigenvalue weighted by atomic mass is 32.2. The molecule has 1 aromatic heterocycles. The van der Waals surface area contributed by atoms with Gasteiger partial charge in [0.2, 0.25) is 5.91 Å². The summed E-state index contributed by atoms with van der Waals surface area (Å²) in [5.74, 6) is -0.0491. The van der Waals surface area contributed by atoms with Crippen LogP contribution in [0.15, 0.2) is 35.6 Å². The molecule has 1 aliphatic heterocycles. The number of carbonyl (C=O) groups excluding carboxylic acids is 1. The minimum Gasteiger partial charge on any atom is -0.382 e.